The maximum atomic E-state index is 11.5. The molecule has 0 unspecified atom stereocenters. The molecule has 1 fully saturated rings. The van der Waals surface area contributed by atoms with Crippen molar-refractivity contribution in [2.24, 2.45) is 11.8 Å². The standard InChI is InChI=1S/C11H18O2/c1-7(2)9-6-5-8(3)10(9)11(12)13-4/h8,10H,5-6H2,1-4H3/t8-,10+/m1/s1. The third kappa shape index (κ3) is 1.93. The largest absolute Gasteiger partial charge is 0.469 e. The number of allylic oxidation sites excluding steroid dienone is 1. The molecule has 2 heteroatoms. The molecule has 13 heavy (non-hydrogen) atoms. The van der Waals surface area contributed by atoms with Crippen molar-refractivity contribution in [3.63, 3.8) is 0 Å². The van der Waals surface area contributed by atoms with Gasteiger partial charge in [-0.1, -0.05) is 18.1 Å². The Kier molecular flexibility index (Phi) is 3.12. The number of methoxy groups -OCH3 is 1. The molecule has 0 bridgehead atoms. The first-order chi connectivity index (χ1) is 6.07. The molecule has 0 aromatic carbocycles. The molecule has 0 aromatic heterocycles. The molecule has 0 spiro atoms. The lowest BCUT2D eigenvalue weighted by Gasteiger charge is -2.15. The zero-order valence-electron chi connectivity index (χ0n) is 8.89. The van der Waals surface area contributed by atoms with Gasteiger partial charge < -0.3 is 4.74 Å². The fourth-order valence-electron chi connectivity index (χ4n) is 2.11. The van der Waals surface area contributed by atoms with Crippen LogP contribution in [0.15, 0.2) is 11.1 Å². The summed E-state index contributed by atoms with van der Waals surface area (Å²) in [6, 6.07) is 0. The van der Waals surface area contributed by atoms with Crippen molar-refractivity contribution in [2.45, 2.75) is 33.6 Å². The summed E-state index contributed by atoms with van der Waals surface area (Å²) in [5.74, 6) is 0.397. The van der Waals surface area contributed by atoms with Gasteiger partial charge >= 0.3 is 5.97 Å². The lowest BCUT2D eigenvalue weighted by atomic mass is 9.93. The van der Waals surface area contributed by atoms with Gasteiger partial charge in [0, 0.05) is 0 Å². The number of esters is 1. The van der Waals surface area contributed by atoms with E-state index < -0.39 is 0 Å². The second-order valence-electron chi connectivity index (χ2n) is 4.04. The summed E-state index contributed by atoms with van der Waals surface area (Å²) in [6.07, 6.45) is 2.17. The van der Waals surface area contributed by atoms with E-state index in [1.54, 1.807) is 0 Å². The molecule has 1 rings (SSSR count). The molecule has 0 amide bonds. The molecule has 0 aliphatic heterocycles. The van der Waals surface area contributed by atoms with Gasteiger partial charge in [0.2, 0.25) is 0 Å². The molecule has 0 aromatic rings. The Balaban J connectivity index is 2.90. The molecule has 0 heterocycles. The first kappa shape index (κ1) is 10.3. The van der Waals surface area contributed by atoms with E-state index in [-0.39, 0.29) is 11.9 Å². The van der Waals surface area contributed by atoms with Crippen LogP contribution in [0.4, 0.5) is 0 Å². The Bertz CT molecular complexity index is 236. The molecule has 0 radical (unpaired) electrons. The highest BCUT2D eigenvalue weighted by atomic mass is 16.5. The zero-order chi connectivity index (χ0) is 10.0. The highest BCUT2D eigenvalue weighted by Gasteiger charge is 2.35. The van der Waals surface area contributed by atoms with Crippen molar-refractivity contribution >= 4 is 5.97 Å². The lowest BCUT2D eigenvalue weighted by Crippen LogP contribution is -2.20. The Labute approximate surface area is 80.0 Å². The molecule has 74 valence electrons. The van der Waals surface area contributed by atoms with Gasteiger partial charge in [0.1, 0.15) is 0 Å². The van der Waals surface area contributed by atoms with Gasteiger partial charge in [0.15, 0.2) is 0 Å². The van der Waals surface area contributed by atoms with Gasteiger partial charge in [-0.25, -0.2) is 0 Å². The van der Waals surface area contributed by atoms with Crippen molar-refractivity contribution in [1.82, 2.24) is 0 Å². The first-order valence-electron chi connectivity index (χ1n) is 4.82. The molecular formula is C11H18O2. The van der Waals surface area contributed by atoms with Crippen LogP contribution in [0, 0.1) is 11.8 Å². The predicted octanol–water partition coefficient (Wildman–Crippen LogP) is 2.54. The van der Waals surface area contributed by atoms with Crippen LogP contribution < -0.4 is 0 Å². The second kappa shape index (κ2) is 3.95. The van der Waals surface area contributed by atoms with E-state index in [9.17, 15) is 4.79 Å². The van der Waals surface area contributed by atoms with E-state index in [1.165, 1.54) is 18.3 Å². The van der Waals surface area contributed by atoms with Gasteiger partial charge in [-0.2, -0.15) is 0 Å². The van der Waals surface area contributed by atoms with Crippen molar-refractivity contribution in [3.8, 4) is 0 Å². The van der Waals surface area contributed by atoms with Gasteiger partial charge in [-0.05, 0) is 32.6 Å². The van der Waals surface area contributed by atoms with E-state index in [4.69, 9.17) is 4.74 Å². The summed E-state index contributed by atoms with van der Waals surface area (Å²) in [5.41, 5.74) is 2.57. The topological polar surface area (TPSA) is 26.3 Å². The smallest absolute Gasteiger partial charge is 0.313 e. The summed E-state index contributed by atoms with van der Waals surface area (Å²) in [5, 5.41) is 0. The molecular weight excluding hydrogens is 164 g/mol. The number of ether oxygens (including phenoxy) is 1. The van der Waals surface area contributed by atoms with E-state index in [0.717, 1.165) is 12.8 Å². The van der Waals surface area contributed by atoms with E-state index in [1.807, 2.05) is 0 Å². The quantitative estimate of drug-likeness (QED) is 0.460. The van der Waals surface area contributed by atoms with Crippen LogP contribution in [0.25, 0.3) is 0 Å². The number of carbonyl (C=O) groups is 1. The van der Waals surface area contributed by atoms with Crippen molar-refractivity contribution in [1.29, 1.82) is 0 Å². The predicted molar refractivity (Wildman–Crippen MR) is 52.3 cm³/mol. The SMILES string of the molecule is COC(=O)[C@@H]1C(=C(C)C)CC[C@H]1C. The Morgan fingerprint density at radius 2 is 2.08 bits per heavy atom. The molecule has 2 nitrogen and oxygen atoms in total. The normalized spacial score (nSPS) is 27.5. The van der Waals surface area contributed by atoms with Crippen LogP contribution in [0.2, 0.25) is 0 Å². The maximum Gasteiger partial charge on any atom is 0.313 e. The molecule has 0 N–H and O–H groups in total. The third-order valence-electron chi connectivity index (χ3n) is 2.91. The zero-order valence-corrected chi connectivity index (χ0v) is 8.89. The van der Waals surface area contributed by atoms with Crippen LogP contribution in [-0.2, 0) is 9.53 Å². The van der Waals surface area contributed by atoms with E-state index >= 15 is 0 Å². The minimum absolute atomic E-state index is 0.0231. The average molecular weight is 182 g/mol. The molecule has 2 atom stereocenters. The van der Waals surface area contributed by atoms with Gasteiger partial charge in [0.25, 0.3) is 0 Å². The number of hydrogen-bond acceptors (Lipinski definition) is 2. The minimum atomic E-state index is -0.0683. The second-order valence-corrected chi connectivity index (χ2v) is 4.04. The van der Waals surface area contributed by atoms with Crippen LogP contribution in [0.5, 0.6) is 0 Å². The third-order valence-corrected chi connectivity index (χ3v) is 2.91. The summed E-state index contributed by atoms with van der Waals surface area (Å²) in [4.78, 5) is 11.5. The Morgan fingerprint density at radius 3 is 2.54 bits per heavy atom. The maximum absolute atomic E-state index is 11.5. The summed E-state index contributed by atoms with van der Waals surface area (Å²) >= 11 is 0. The van der Waals surface area contributed by atoms with Crippen LogP contribution in [0.3, 0.4) is 0 Å². The van der Waals surface area contributed by atoms with E-state index in [0.29, 0.717) is 5.92 Å². The molecule has 0 saturated heterocycles. The number of rotatable bonds is 1. The highest BCUT2D eigenvalue weighted by Crippen LogP contribution is 2.38. The fraction of sp³-hybridized carbons (Fsp3) is 0.727. The van der Waals surface area contributed by atoms with Crippen LogP contribution in [-0.4, -0.2) is 13.1 Å². The van der Waals surface area contributed by atoms with Crippen molar-refractivity contribution < 1.29 is 9.53 Å². The van der Waals surface area contributed by atoms with E-state index in [2.05, 4.69) is 20.8 Å². The molecule has 1 aliphatic carbocycles. The van der Waals surface area contributed by atoms with Gasteiger partial charge in [-0.15, -0.1) is 0 Å². The first-order valence-corrected chi connectivity index (χ1v) is 4.82. The minimum Gasteiger partial charge on any atom is -0.469 e. The van der Waals surface area contributed by atoms with Crippen LogP contribution >= 0.6 is 0 Å². The van der Waals surface area contributed by atoms with Gasteiger partial charge in [-0.3, -0.25) is 4.79 Å². The summed E-state index contributed by atoms with van der Waals surface area (Å²) < 4.78 is 4.81. The lowest BCUT2D eigenvalue weighted by molar-refractivity contribution is -0.145. The van der Waals surface area contributed by atoms with Crippen molar-refractivity contribution in [3.05, 3.63) is 11.1 Å². The number of carbonyl (C=O) groups excluding carboxylic acids is 1. The van der Waals surface area contributed by atoms with Crippen LogP contribution in [0.1, 0.15) is 33.6 Å². The monoisotopic (exact) mass is 182 g/mol. The molecule has 1 aliphatic rings. The average Bonchev–Trinajstić information content (AvgIpc) is 2.46. The summed E-state index contributed by atoms with van der Waals surface area (Å²) in [7, 11) is 1.47. The Hall–Kier alpha value is -0.790. The van der Waals surface area contributed by atoms with Crippen molar-refractivity contribution in [2.75, 3.05) is 7.11 Å². The number of hydrogen-bond donors (Lipinski definition) is 0. The highest BCUT2D eigenvalue weighted by molar-refractivity contribution is 5.76. The molecule has 1 saturated carbocycles. The fourth-order valence-corrected chi connectivity index (χ4v) is 2.11. The van der Waals surface area contributed by atoms with Gasteiger partial charge in [0.05, 0.1) is 13.0 Å². The summed E-state index contributed by atoms with van der Waals surface area (Å²) in [6.45, 7) is 6.27. The Morgan fingerprint density at radius 1 is 1.46 bits per heavy atom.